The fraction of sp³-hybridized carbons (Fsp3) is 0.500. The number of hydrogen-bond donors (Lipinski definition) is 1. The van der Waals surface area contributed by atoms with Gasteiger partial charge >= 0.3 is 0 Å². The monoisotopic (exact) mass is 234 g/mol. The Labute approximate surface area is 104 Å². The lowest BCUT2D eigenvalue weighted by Crippen LogP contribution is -2.28. The van der Waals surface area contributed by atoms with E-state index >= 15 is 0 Å². The van der Waals surface area contributed by atoms with Crippen LogP contribution >= 0.6 is 0 Å². The van der Waals surface area contributed by atoms with Crippen LogP contribution in [0.25, 0.3) is 0 Å². The molecule has 94 valence electrons. The molecule has 1 aromatic rings. The molecule has 0 spiro atoms. The van der Waals surface area contributed by atoms with Crippen molar-refractivity contribution in [2.75, 3.05) is 14.1 Å². The summed E-state index contributed by atoms with van der Waals surface area (Å²) in [6.07, 6.45) is 0.864. The SMILES string of the molecule is CNC(C)C(C)c1ccccc1CN(C)C=O. The van der Waals surface area contributed by atoms with Gasteiger partial charge in [-0.3, -0.25) is 4.79 Å². The highest BCUT2D eigenvalue weighted by atomic mass is 16.1. The number of nitrogens with zero attached hydrogens (tertiary/aromatic N) is 1. The molecule has 0 heterocycles. The molecule has 3 heteroatoms. The maximum Gasteiger partial charge on any atom is 0.209 e. The number of carbonyl (C=O) groups excluding carboxylic acids is 1. The molecule has 2 atom stereocenters. The zero-order valence-electron chi connectivity index (χ0n) is 11.1. The number of rotatable bonds is 6. The minimum atomic E-state index is 0.415. The first-order valence-electron chi connectivity index (χ1n) is 6.00. The maximum atomic E-state index is 10.7. The van der Waals surface area contributed by atoms with Gasteiger partial charge in [-0.15, -0.1) is 0 Å². The standard InChI is InChI=1S/C14H22N2O/c1-11(12(2)15-3)14-8-6-5-7-13(14)9-16(4)10-17/h5-8,10-12,15H,9H2,1-4H3. The minimum absolute atomic E-state index is 0.415. The number of amides is 1. The highest BCUT2D eigenvalue weighted by Gasteiger charge is 2.15. The largest absolute Gasteiger partial charge is 0.344 e. The third-order valence-corrected chi connectivity index (χ3v) is 3.35. The molecule has 0 radical (unpaired) electrons. The van der Waals surface area contributed by atoms with Crippen molar-refractivity contribution in [2.45, 2.75) is 32.4 Å². The molecule has 0 bridgehead atoms. The van der Waals surface area contributed by atoms with Crippen molar-refractivity contribution in [3.8, 4) is 0 Å². The van der Waals surface area contributed by atoms with E-state index in [4.69, 9.17) is 0 Å². The molecule has 0 aliphatic rings. The van der Waals surface area contributed by atoms with Gasteiger partial charge in [0.05, 0.1) is 0 Å². The van der Waals surface area contributed by atoms with E-state index in [9.17, 15) is 4.79 Å². The van der Waals surface area contributed by atoms with Gasteiger partial charge < -0.3 is 10.2 Å². The number of likely N-dealkylation sites (N-methyl/N-ethyl adjacent to an activating group) is 1. The Bertz CT molecular complexity index is 365. The number of carbonyl (C=O) groups is 1. The topological polar surface area (TPSA) is 32.3 Å². The summed E-state index contributed by atoms with van der Waals surface area (Å²) in [5.41, 5.74) is 2.53. The molecule has 0 saturated carbocycles. The van der Waals surface area contributed by atoms with Gasteiger partial charge in [0.1, 0.15) is 0 Å². The number of nitrogens with one attached hydrogen (secondary N) is 1. The second-order valence-corrected chi connectivity index (χ2v) is 4.59. The summed E-state index contributed by atoms with van der Waals surface area (Å²) in [6.45, 7) is 5.05. The lowest BCUT2D eigenvalue weighted by atomic mass is 9.90. The van der Waals surface area contributed by atoms with E-state index in [0.29, 0.717) is 18.5 Å². The molecule has 17 heavy (non-hydrogen) atoms. The van der Waals surface area contributed by atoms with Gasteiger partial charge in [-0.25, -0.2) is 0 Å². The highest BCUT2D eigenvalue weighted by molar-refractivity contribution is 5.47. The van der Waals surface area contributed by atoms with Crippen LogP contribution in [0.1, 0.15) is 30.9 Å². The van der Waals surface area contributed by atoms with Gasteiger partial charge in [0.15, 0.2) is 0 Å². The molecule has 0 aliphatic heterocycles. The van der Waals surface area contributed by atoms with Crippen molar-refractivity contribution in [1.29, 1.82) is 0 Å². The van der Waals surface area contributed by atoms with Crippen molar-refractivity contribution in [2.24, 2.45) is 0 Å². The van der Waals surface area contributed by atoms with Gasteiger partial charge in [-0.2, -0.15) is 0 Å². The molecule has 1 aromatic carbocycles. The molecule has 1 rings (SSSR count). The van der Waals surface area contributed by atoms with E-state index in [1.807, 2.05) is 13.1 Å². The molecule has 0 fully saturated rings. The lowest BCUT2D eigenvalue weighted by molar-refractivity contribution is -0.117. The first-order chi connectivity index (χ1) is 8.10. The molecule has 1 amide bonds. The fourth-order valence-corrected chi connectivity index (χ4v) is 1.95. The summed E-state index contributed by atoms with van der Waals surface area (Å²) in [5, 5.41) is 3.27. The van der Waals surface area contributed by atoms with Crippen LogP contribution < -0.4 is 5.32 Å². The van der Waals surface area contributed by atoms with E-state index in [1.54, 1.807) is 11.9 Å². The van der Waals surface area contributed by atoms with Gasteiger partial charge in [0.2, 0.25) is 6.41 Å². The Kier molecular flexibility index (Phi) is 5.16. The van der Waals surface area contributed by atoms with E-state index in [-0.39, 0.29) is 0 Å². The summed E-state index contributed by atoms with van der Waals surface area (Å²) in [6, 6.07) is 8.73. The van der Waals surface area contributed by atoms with Crippen LogP contribution in [0.5, 0.6) is 0 Å². The van der Waals surface area contributed by atoms with E-state index in [1.165, 1.54) is 11.1 Å². The Morgan fingerprint density at radius 2 is 2.00 bits per heavy atom. The van der Waals surface area contributed by atoms with Crippen LogP contribution in [0.4, 0.5) is 0 Å². The molecular weight excluding hydrogens is 212 g/mol. The van der Waals surface area contributed by atoms with Crippen molar-refractivity contribution in [3.63, 3.8) is 0 Å². The zero-order chi connectivity index (χ0) is 12.8. The quantitative estimate of drug-likeness (QED) is 0.763. The van der Waals surface area contributed by atoms with Gasteiger partial charge in [-0.05, 0) is 31.0 Å². The lowest BCUT2D eigenvalue weighted by Gasteiger charge is -2.23. The Balaban J connectivity index is 2.94. The smallest absolute Gasteiger partial charge is 0.209 e. The van der Waals surface area contributed by atoms with E-state index in [2.05, 4.69) is 37.4 Å². The predicted octanol–water partition coefficient (Wildman–Crippen LogP) is 1.99. The average molecular weight is 234 g/mol. The summed E-state index contributed by atoms with van der Waals surface area (Å²) in [4.78, 5) is 12.4. The molecule has 3 nitrogen and oxygen atoms in total. The van der Waals surface area contributed by atoms with E-state index < -0.39 is 0 Å². The van der Waals surface area contributed by atoms with Crippen LogP contribution in [0, 0.1) is 0 Å². The number of hydrogen-bond acceptors (Lipinski definition) is 2. The Hall–Kier alpha value is -1.35. The molecule has 0 saturated heterocycles. The second kappa shape index (κ2) is 6.40. The van der Waals surface area contributed by atoms with Crippen molar-refractivity contribution >= 4 is 6.41 Å². The van der Waals surface area contributed by atoms with Crippen molar-refractivity contribution in [3.05, 3.63) is 35.4 Å². The van der Waals surface area contributed by atoms with Gasteiger partial charge in [-0.1, -0.05) is 31.2 Å². The van der Waals surface area contributed by atoms with Crippen LogP contribution in [-0.4, -0.2) is 31.4 Å². The molecule has 1 N–H and O–H groups in total. The average Bonchev–Trinajstić information content (AvgIpc) is 2.37. The molecule has 0 aromatic heterocycles. The molecular formula is C14H22N2O. The fourth-order valence-electron chi connectivity index (χ4n) is 1.95. The first kappa shape index (κ1) is 13.7. The minimum Gasteiger partial charge on any atom is -0.344 e. The van der Waals surface area contributed by atoms with Crippen LogP contribution in [-0.2, 0) is 11.3 Å². The van der Waals surface area contributed by atoms with Crippen LogP contribution in [0.3, 0.4) is 0 Å². The van der Waals surface area contributed by atoms with Crippen LogP contribution in [0.2, 0.25) is 0 Å². The predicted molar refractivity (Wildman–Crippen MR) is 70.9 cm³/mol. The summed E-state index contributed by atoms with van der Waals surface area (Å²) < 4.78 is 0. The maximum absolute atomic E-state index is 10.7. The number of benzene rings is 1. The summed E-state index contributed by atoms with van der Waals surface area (Å²) >= 11 is 0. The first-order valence-corrected chi connectivity index (χ1v) is 6.00. The second-order valence-electron chi connectivity index (χ2n) is 4.59. The summed E-state index contributed by atoms with van der Waals surface area (Å²) in [7, 11) is 3.78. The third kappa shape index (κ3) is 3.56. The van der Waals surface area contributed by atoms with E-state index in [0.717, 1.165) is 6.41 Å². The van der Waals surface area contributed by atoms with Gasteiger partial charge in [0, 0.05) is 19.6 Å². The molecule has 0 aliphatic carbocycles. The summed E-state index contributed by atoms with van der Waals surface area (Å²) in [5.74, 6) is 0.427. The third-order valence-electron chi connectivity index (χ3n) is 3.35. The van der Waals surface area contributed by atoms with Crippen molar-refractivity contribution < 1.29 is 4.79 Å². The molecule has 2 unspecified atom stereocenters. The Morgan fingerprint density at radius 3 is 2.59 bits per heavy atom. The highest BCUT2D eigenvalue weighted by Crippen LogP contribution is 2.23. The zero-order valence-corrected chi connectivity index (χ0v) is 11.1. The van der Waals surface area contributed by atoms with Gasteiger partial charge in [0.25, 0.3) is 0 Å². The normalized spacial score (nSPS) is 14.1. The van der Waals surface area contributed by atoms with Crippen molar-refractivity contribution in [1.82, 2.24) is 10.2 Å². The Morgan fingerprint density at radius 1 is 1.35 bits per heavy atom. The van der Waals surface area contributed by atoms with Crippen LogP contribution in [0.15, 0.2) is 24.3 Å².